The fourth-order valence-electron chi connectivity index (χ4n) is 0.379. The Morgan fingerprint density at radius 1 is 1.64 bits per heavy atom. The lowest BCUT2D eigenvalue weighted by atomic mass is 10.5. The Balaban J connectivity index is 3.80. The molecule has 66 valence electrons. The molecule has 6 nitrogen and oxygen atoms in total. The van der Waals surface area contributed by atoms with Gasteiger partial charge in [-0.05, 0) is 0 Å². The SMILES string of the molecule is COC(=O)CCS(=O)(=O)NN. The molecule has 0 aliphatic rings. The van der Waals surface area contributed by atoms with Gasteiger partial charge in [0.1, 0.15) is 0 Å². The van der Waals surface area contributed by atoms with Crippen molar-refractivity contribution >= 4 is 16.0 Å². The first-order valence-electron chi connectivity index (χ1n) is 2.78. The molecule has 0 atom stereocenters. The summed E-state index contributed by atoms with van der Waals surface area (Å²) in [5.74, 6) is 3.71. The van der Waals surface area contributed by atoms with Crippen LogP contribution in [0.4, 0.5) is 0 Å². The fraction of sp³-hybridized carbons (Fsp3) is 0.750. The van der Waals surface area contributed by atoms with E-state index in [1.165, 1.54) is 7.11 Å². The van der Waals surface area contributed by atoms with Gasteiger partial charge in [-0.2, -0.15) is 4.83 Å². The quantitative estimate of drug-likeness (QED) is 0.308. The molecule has 0 aliphatic heterocycles. The molecule has 0 saturated heterocycles. The van der Waals surface area contributed by atoms with E-state index in [4.69, 9.17) is 0 Å². The lowest BCUT2D eigenvalue weighted by Crippen LogP contribution is -2.33. The predicted molar refractivity (Wildman–Crippen MR) is 37.7 cm³/mol. The number of carbonyl (C=O) groups is 1. The Morgan fingerprint density at radius 3 is 2.55 bits per heavy atom. The predicted octanol–water partition coefficient (Wildman–Crippen LogP) is -1.66. The number of hydrogen-bond acceptors (Lipinski definition) is 5. The number of sulfonamides is 1. The highest BCUT2D eigenvalue weighted by molar-refractivity contribution is 7.89. The van der Waals surface area contributed by atoms with Crippen LogP contribution in [-0.2, 0) is 19.6 Å². The monoisotopic (exact) mass is 182 g/mol. The zero-order valence-electron chi connectivity index (χ0n) is 6.03. The average molecular weight is 182 g/mol. The first-order chi connectivity index (χ1) is 5.02. The second-order valence-electron chi connectivity index (χ2n) is 1.76. The van der Waals surface area contributed by atoms with E-state index in [0.717, 1.165) is 0 Å². The molecule has 0 saturated carbocycles. The summed E-state index contributed by atoms with van der Waals surface area (Å²) in [5.41, 5.74) is 0. The number of ether oxygens (including phenoxy) is 1. The number of nitrogens with two attached hydrogens (primary N) is 1. The molecule has 0 spiro atoms. The van der Waals surface area contributed by atoms with Crippen LogP contribution in [0.25, 0.3) is 0 Å². The third kappa shape index (κ3) is 4.71. The molecular formula is C4H10N2O4S. The molecule has 0 radical (unpaired) electrons. The van der Waals surface area contributed by atoms with Gasteiger partial charge in [-0.3, -0.25) is 10.6 Å². The van der Waals surface area contributed by atoms with E-state index in [-0.39, 0.29) is 12.2 Å². The highest BCUT2D eigenvalue weighted by Gasteiger charge is 2.10. The average Bonchev–Trinajstić information content (AvgIpc) is 2.00. The van der Waals surface area contributed by atoms with Crippen LogP contribution >= 0.6 is 0 Å². The van der Waals surface area contributed by atoms with Crippen LogP contribution in [0.1, 0.15) is 6.42 Å². The van der Waals surface area contributed by atoms with Crippen LogP contribution in [-0.4, -0.2) is 27.2 Å². The van der Waals surface area contributed by atoms with Crippen molar-refractivity contribution in [1.82, 2.24) is 4.83 Å². The van der Waals surface area contributed by atoms with Crippen molar-refractivity contribution in [2.45, 2.75) is 6.42 Å². The molecule has 3 N–H and O–H groups in total. The van der Waals surface area contributed by atoms with Crippen LogP contribution < -0.4 is 10.7 Å². The summed E-state index contributed by atoms with van der Waals surface area (Å²) in [6.07, 6.45) is -0.191. The first kappa shape index (κ1) is 10.3. The van der Waals surface area contributed by atoms with Gasteiger partial charge in [0.15, 0.2) is 0 Å². The number of rotatable bonds is 4. The molecule has 11 heavy (non-hydrogen) atoms. The number of hydrazine groups is 1. The van der Waals surface area contributed by atoms with Gasteiger partial charge >= 0.3 is 5.97 Å². The summed E-state index contributed by atoms with van der Waals surface area (Å²) in [5, 5.41) is 0. The lowest BCUT2D eigenvalue weighted by molar-refractivity contribution is -0.140. The molecule has 0 aliphatic carbocycles. The van der Waals surface area contributed by atoms with E-state index in [1.807, 2.05) is 0 Å². The molecule has 0 unspecified atom stereocenters. The van der Waals surface area contributed by atoms with Crippen LogP contribution in [0.5, 0.6) is 0 Å². The first-order valence-corrected chi connectivity index (χ1v) is 4.44. The minimum Gasteiger partial charge on any atom is -0.469 e. The molecule has 0 aromatic rings. The van der Waals surface area contributed by atoms with E-state index < -0.39 is 16.0 Å². The topological polar surface area (TPSA) is 98.5 Å². The summed E-state index contributed by atoms with van der Waals surface area (Å²) < 4.78 is 25.4. The van der Waals surface area contributed by atoms with Gasteiger partial charge in [-0.1, -0.05) is 0 Å². The van der Waals surface area contributed by atoms with Gasteiger partial charge in [0, 0.05) is 0 Å². The largest absolute Gasteiger partial charge is 0.469 e. The van der Waals surface area contributed by atoms with Crippen molar-refractivity contribution in [2.24, 2.45) is 5.84 Å². The smallest absolute Gasteiger partial charge is 0.306 e. The summed E-state index contributed by atoms with van der Waals surface area (Å²) in [7, 11) is -2.31. The van der Waals surface area contributed by atoms with Crippen molar-refractivity contribution in [2.75, 3.05) is 12.9 Å². The molecule has 0 fully saturated rings. The zero-order valence-corrected chi connectivity index (χ0v) is 6.85. The van der Waals surface area contributed by atoms with E-state index >= 15 is 0 Å². The van der Waals surface area contributed by atoms with Crippen molar-refractivity contribution in [1.29, 1.82) is 0 Å². The van der Waals surface area contributed by atoms with E-state index in [9.17, 15) is 13.2 Å². The summed E-state index contributed by atoms with van der Waals surface area (Å²) in [6, 6.07) is 0. The highest BCUT2D eigenvalue weighted by atomic mass is 32.2. The minimum atomic E-state index is -3.50. The molecular weight excluding hydrogens is 172 g/mol. The van der Waals surface area contributed by atoms with E-state index in [0.29, 0.717) is 0 Å². The van der Waals surface area contributed by atoms with Crippen LogP contribution in [0.2, 0.25) is 0 Å². The van der Waals surface area contributed by atoms with E-state index in [1.54, 1.807) is 4.83 Å². The Labute approximate surface area is 64.7 Å². The molecule has 7 heteroatoms. The molecule has 0 aromatic heterocycles. The van der Waals surface area contributed by atoms with Crippen LogP contribution in [0.3, 0.4) is 0 Å². The van der Waals surface area contributed by atoms with Gasteiger partial charge in [0.25, 0.3) is 0 Å². The minimum absolute atomic E-state index is 0.191. The van der Waals surface area contributed by atoms with Crippen LogP contribution in [0, 0.1) is 0 Å². The maximum Gasteiger partial charge on any atom is 0.306 e. The van der Waals surface area contributed by atoms with Gasteiger partial charge in [0.05, 0.1) is 19.3 Å². The zero-order chi connectivity index (χ0) is 8.91. The standard InChI is InChI=1S/C4H10N2O4S/c1-10-4(7)2-3-11(8,9)6-5/h6H,2-3,5H2,1H3. The van der Waals surface area contributed by atoms with E-state index in [2.05, 4.69) is 10.6 Å². The highest BCUT2D eigenvalue weighted by Crippen LogP contribution is 1.89. The number of esters is 1. The Morgan fingerprint density at radius 2 is 2.18 bits per heavy atom. The Hall–Kier alpha value is -0.660. The third-order valence-corrected chi connectivity index (χ3v) is 2.08. The van der Waals surface area contributed by atoms with Gasteiger partial charge in [0.2, 0.25) is 10.0 Å². The molecule has 0 heterocycles. The van der Waals surface area contributed by atoms with Gasteiger partial charge in [-0.15, -0.1) is 0 Å². The molecule has 0 amide bonds. The lowest BCUT2D eigenvalue weighted by Gasteiger charge is -1.99. The Kier molecular flexibility index (Phi) is 4.01. The molecule has 0 rings (SSSR count). The fourth-order valence-corrected chi connectivity index (χ4v) is 0.932. The van der Waals surface area contributed by atoms with Crippen molar-refractivity contribution < 1.29 is 17.9 Å². The second kappa shape index (κ2) is 4.27. The second-order valence-corrected chi connectivity index (χ2v) is 3.64. The van der Waals surface area contributed by atoms with Gasteiger partial charge < -0.3 is 4.74 Å². The maximum atomic E-state index is 10.6. The van der Waals surface area contributed by atoms with Gasteiger partial charge in [-0.25, -0.2) is 8.42 Å². The molecule has 0 aromatic carbocycles. The third-order valence-electron chi connectivity index (χ3n) is 0.982. The summed E-state index contributed by atoms with van der Waals surface area (Å²) in [6.45, 7) is 0. The van der Waals surface area contributed by atoms with Crippen molar-refractivity contribution in [3.8, 4) is 0 Å². The molecule has 0 bridgehead atoms. The number of methoxy groups -OCH3 is 1. The van der Waals surface area contributed by atoms with Crippen molar-refractivity contribution in [3.63, 3.8) is 0 Å². The maximum absolute atomic E-state index is 10.6. The number of carbonyl (C=O) groups excluding carboxylic acids is 1. The van der Waals surface area contributed by atoms with Crippen molar-refractivity contribution in [3.05, 3.63) is 0 Å². The number of hydrogen-bond donors (Lipinski definition) is 2. The Bertz CT molecular complexity index is 222. The van der Waals surface area contributed by atoms with Crippen LogP contribution in [0.15, 0.2) is 0 Å². The normalized spacial score (nSPS) is 11.1. The summed E-state index contributed by atoms with van der Waals surface area (Å²) >= 11 is 0. The summed E-state index contributed by atoms with van der Waals surface area (Å²) in [4.78, 5) is 12.0. The number of nitrogens with one attached hydrogen (secondary N) is 1.